The van der Waals surface area contributed by atoms with Gasteiger partial charge in [0.25, 0.3) is 0 Å². The summed E-state index contributed by atoms with van der Waals surface area (Å²) >= 11 is 1.71. The molecule has 4 nitrogen and oxygen atoms in total. The zero-order valence-corrected chi connectivity index (χ0v) is 17.2. The van der Waals surface area contributed by atoms with E-state index in [-0.39, 0.29) is 18.5 Å². The van der Waals surface area contributed by atoms with Gasteiger partial charge >= 0.3 is 0 Å². The van der Waals surface area contributed by atoms with E-state index in [1.54, 1.807) is 11.3 Å². The van der Waals surface area contributed by atoms with Crippen LogP contribution < -0.4 is 0 Å². The molecule has 1 N–H and O–H groups in total. The number of piperazine rings is 1. The van der Waals surface area contributed by atoms with Crippen molar-refractivity contribution in [1.29, 1.82) is 0 Å². The van der Waals surface area contributed by atoms with Crippen molar-refractivity contribution in [2.24, 2.45) is 0 Å². The highest BCUT2D eigenvalue weighted by atomic mass is 32.1. The van der Waals surface area contributed by atoms with Crippen molar-refractivity contribution in [2.75, 3.05) is 26.2 Å². The van der Waals surface area contributed by atoms with Crippen molar-refractivity contribution in [3.05, 3.63) is 76.4 Å². The third kappa shape index (κ3) is 5.28. The Morgan fingerprint density at radius 2 is 1.83 bits per heavy atom. The lowest BCUT2D eigenvalue weighted by molar-refractivity contribution is 0.0499. The lowest BCUT2D eigenvalue weighted by Crippen LogP contribution is -2.52. The number of benzene rings is 2. The van der Waals surface area contributed by atoms with E-state index in [0.717, 1.165) is 61.0 Å². The van der Waals surface area contributed by atoms with Gasteiger partial charge in [-0.2, -0.15) is 0 Å². The molecule has 2 aromatic carbocycles. The Morgan fingerprint density at radius 3 is 2.59 bits per heavy atom. The molecule has 1 fully saturated rings. The summed E-state index contributed by atoms with van der Waals surface area (Å²) in [7, 11) is 0. The zero-order valence-electron chi connectivity index (χ0n) is 16.4. The second kappa shape index (κ2) is 9.59. The van der Waals surface area contributed by atoms with Crippen molar-refractivity contribution in [3.8, 4) is 11.3 Å². The van der Waals surface area contributed by atoms with Crippen LogP contribution >= 0.6 is 11.3 Å². The quantitative estimate of drug-likeness (QED) is 0.638. The van der Waals surface area contributed by atoms with E-state index >= 15 is 0 Å². The fourth-order valence-electron chi connectivity index (χ4n) is 3.87. The molecule has 0 bridgehead atoms. The van der Waals surface area contributed by atoms with Crippen molar-refractivity contribution in [1.82, 2.24) is 14.8 Å². The number of hydrogen-bond donors (Lipinski definition) is 1. The molecule has 0 spiro atoms. The second-order valence-electron chi connectivity index (χ2n) is 7.49. The van der Waals surface area contributed by atoms with Crippen LogP contribution in [0.5, 0.6) is 0 Å². The Bertz CT molecular complexity index is 900. The van der Waals surface area contributed by atoms with Gasteiger partial charge in [0.1, 0.15) is 10.8 Å². The molecule has 0 amide bonds. The van der Waals surface area contributed by atoms with Crippen molar-refractivity contribution >= 4 is 11.3 Å². The molecule has 1 atom stereocenters. The summed E-state index contributed by atoms with van der Waals surface area (Å²) in [5.74, 6) is -0.205. The van der Waals surface area contributed by atoms with Gasteiger partial charge < -0.3 is 5.11 Å². The van der Waals surface area contributed by atoms with Crippen molar-refractivity contribution in [3.63, 3.8) is 0 Å². The van der Waals surface area contributed by atoms with Gasteiger partial charge in [-0.1, -0.05) is 42.5 Å². The number of rotatable bonds is 7. The minimum Gasteiger partial charge on any atom is -0.396 e. The molecule has 1 aromatic heterocycles. The first kappa shape index (κ1) is 20.2. The molecular weight excluding hydrogens is 385 g/mol. The highest BCUT2D eigenvalue weighted by molar-refractivity contribution is 7.09. The largest absolute Gasteiger partial charge is 0.396 e. The van der Waals surface area contributed by atoms with Crippen molar-refractivity contribution < 1.29 is 9.50 Å². The van der Waals surface area contributed by atoms with E-state index in [2.05, 4.69) is 27.3 Å². The summed E-state index contributed by atoms with van der Waals surface area (Å²) in [6, 6.07) is 17.3. The zero-order chi connectivity index (χ0) is 20.1. The summed E-state index contributed by atoms with van der Waals surface area (Å²) in [5.41, 5.74) is 3.29. The third-order valence-electron chi connectivity index (χ3n) is 5.43. The van der Waals surface area contributed by atoms with Gasteiger partial charge in [0, 0.05) is 49.8 Å². The van der Waals surface area contributed by atoms with Crippen LogP contribution in [-0.4, -0.2) is 52.2 Å². The maximum absolute atomic E-state index is 13.2. The highest BCUT2D eigenvalue weighted by Crippen LogP contribution is 2.24. The molecule has 152 valence electrons. The maximum Gasteiger partial charge on any atom is 0.123 e. The van der Waals surface area contributed by atoms with Gasteiger partial charge in [0.15, 0.2) is 0 Å². The molecular formula is C23H26FN3OS. The second-order valence-corrected chi connectivity index (χ2v) is 8.43. The number of thiazole rings is 1. The predicted octanol–water partition coefficient (Wildman–Crippen LogP) is 4.02. The minimum atomic E-state index is -0.205. The summed E-state index contributed by atoms with van der Waals surface area (Å²) in [6.07, 6.45) is 0.741. The van der Waals surface area contributed by atoms with Gasteiger partial charge in [-0.15, -0.1) is 11.3 Å². The molecule has 1 aliphatic rings. The fourth-order valence-corrected chi connectivity index (χ4v) is 4.72. The molecule has 29 heavy (non-hydrogen) atoms. The lowest BCUT2D eigenvalue weighted by atomic mass is 10.1. The number of aliphatic hydroxyl groups is 1. The van der Waals surface area contributed by atoms with Gasteiger partial charge in [-0.05, 0) is 24.1 Å². The van der Waals surface area contributed by atoms with Crippen LogP contribution in [0.25, 0.3) is 11.3 Å². The van der Waals surface area contributed by atoms with Crippen LogP contribution in [0, 0.1) is 5.82 Å². The average molecular weight is 412 g/mol. The minimum absolute atomic E-state index is 0.174. The predicted molar refractivity (Wildman–Crippen MR) is 115 cm³/mol. The Balaban J connectivity index is 1.38. The Morgan fingerprint density at radius 1 is 1.03 bits per heavy atom. The van der Waals surface area contributed by atoms with Gasteiger partial charge in [-0.25, -0.2) is 9.37 Å². The maximum atomic E-state index is 13.2. The van der Waals surface area contributed by atoms with Crippen LogP contribution in [0.4, 0.5) is 4.39 Å². The smallest absolute Gasteiger partial charge is 0.123 e. The highest BCUT2D eigenvalue weighted by Gasteiger charge is 2.27. The fraction of sp³-hybridized carbons (Fsp3) is 0.348. The molecule has 4 rings (SSSR count). The van der Waals surface area contributed by atoms with Crippen molar-refractivity contribution in [2.45, 2.75) is 25.6 Å². The van der Waals surface area contributed by atoms with E-state index in [0.29, 0.717) is 0 Å². The first-order valence-corrected chi connectivity index (χ1v) is 10.9. The molecule has 0 radical (unpaired) electrons. The first-order valence-electron chi connectivity index (χ1n) is 10.0. The Hall–Kier alpha value is -2.12. The molecule has 3 aromatic rings. The van der Waals surface area contributed by atoms with Crippen LogP contribution in [0.3, 0.4) is 0 Å². The average Bonchev–Trinajstić information content (AvgIpc) is 3.21. The summed E-state index contributed by atoms with van der Waals surface area (Å²) < 4.78 is 13.2. The molecule has 0 unspecified atom stereocenters. The number of aromatic nitrogens is 1. The Labute approximate surface area is 175 Å². The molecule has 1 aliphatic heterocycles. The van der Waals surface area contributed by atoms with E-state index in [1.807, 2.05) is 30.3 Å². The molecule has 0 saturated carbocycles. The van der Waals surface area contributed by atoms with Gasteiger partial charge in [0.05, 0.1) is 12.2 Å². The molecule has 0 aliphatic carbocycles. The van der Waals surface area contributed by atoms with Crippen LogP contribution in [0.1, 0.15) is 17.0 Å². The molecule has 1 saturated heterocycles. The van der Waals surface area contributed by atoms with E-state index < -0.39 is 0 Å². The first-order chi connectivity index (χ1) is 14.2. The Kier molecular flexibility index (Phi) is 6.67. The lowest BCUT2D eigenvalue weighted by Gasteiger charge is -2.41. The monoisotopic (exact) mass is 411 g/mol. The van der Waals surface area contributed by atoms with Gasteiger partial charge in [0.2, 0.25) is 0 Å². The molecule has 6 heteroatoms. The van der Waals surface area contributed by atoms with E-state index in [9.17, 15) is 9.50 Å². The summed E-state index contributed by atoms with van der Waals surface area (Å²) in [6.45, 7) is 4.59. The van der Waals surface area contributed by atoms with Crippen LogP contribution in [-0.2, 0) is 13.1 Å². The SMILES string of the molecule is OCC[C@@H]1CN(Cc2nc(-c3ccccc3)cs2)CCN1Cc1ccc(F)cc1. The number of hydrogen-bond acceptors (Lipinski definition) is 5. The third-order valence-corrected chi connectivity index (χ3v) is 6.26. The summed E-state index contributed by atoms with van der Waals surface area (Å²) in [4.78, 5) is 9.64. The van der Waals surface area contributed by atoms with Gasteiger partial charge in [-0.3, -0.25) is 9.80 Å². The number of nitrogens with zero attached hydrogens (tertiary/aromatic N) is 3. The number of halogens is 1. The topological polar surface area (TPSA) is 39.6 Å². The molecule has 2 heterocycles. The van der Waals surface area contributed by atoms with Crippen LogP contribution in [0.15, 0.2) is 60.0 Å². The van der Waals surface area contributed by atoms with Crippen LogP contribution in [0.2, 0.25) is 0 Å². The summed E-state index contributed by atoms with van der Waals surface area (Å²) in [5, 5.41) is 12.8. The normalized spacial score (nSPS) is 18.2. The van der Waals surface area contributed by atoms with E-state index in [1.165, 1.54) is 12.1 Å². The van der Waals surface area contributed by atoms with E-state index in [4.69, 9.17) is 4.98 Å². The number of aliphatic hydroxyl groups excluding tert-OH is 1. The standard InChI is InChI=1S/C23H26FN3OS/c24-20-8-6-18(7-9-20)14-27-12-11-26(15-21(27)10-13-28)16-23-25-22(17-29-23)19-4-2-1-3-5-19/h1-9,17,21,28H,10-16H2/t21-/m1/s1.